The molecule has 0 rings (SSSR count). The predicted molar refractivity (Wildman–Crippen MR) is 32.8 cm³/mol. The van der Waals surface area contributed by atoms with E-state index in [1.807, 2.05) is 0 Å². The van der Waals surface area contributed by atoms with Crippen molar-refractivity contribution < 1.29 is 32.3 Å². The minimum absolute atomic E-state index is 0.293. The first kappa shape index (κ1) is 11.9. The van der Waals surface area contributed by atoms with Crippen LogP contribution in [0.25, 0.3) is 0 Å². The van der Waals surface area contributed by atoms with Gasteiger partial charge in [-0.3, -0.25) is 4.79 Å². The highest BCUT2D eigenvalue weighted by atomic mass is 19.3. The maximum atomic E-state index is 12.2. The molecule has 1 atom stereocenters. The van der Waals surface area contributed by atoms with Gasteiger partial charge >= 0.3 is 18.3 Å². The van der Waals surface area contributed by atoms with Crippen LogP contribution in [0.1, 0.15) is 6.42 Å². The van der Waals surface area contributed by atoms with Gasteiger partial charge in [0.1, 0.15) is 12.2 Å². The van der Waals surface area contributed by atoms with Crippen LogP contribution in [0.5, 0.6) is 0 Å². The van der Waals surface area contributed by atoms with E-state index in [2.05, 4.69) is 0 Å². The van der Waals surface area contributed by atoms with Gasteiger partial charge in [0.15, 0.2) is 0 Å². The van der Waals surface area contributed by atoms with Gasteiger partial charge in [-0.15, -0.1) is 0 Å². The van der Waals surface area contributed by atoms with Crippen molar-refractivity contribution in [1.29, 1.82) is 0 Å². The molecule has 0 radical (unpaired) electrons. The molecule has 0 heterocycles. The molecule has 13 heavy (non-hydrogen) atoms. The average Bonchev–Trinajstić information content (AvgIpc) is 1.99. The molecule has 0 saturated carbocycles. The monoisotopic (exact) mass is 202 g/mol. The van der Waals surface area contributed by atoms with E-state index in [9.17, 15) is 27.2 Å². The summed E-state index contributed by atoms with van der Waals surface area (Å²) in [7, 11) is 0. The quantitative estimate of drug-likeness (QED) is 0.413. The maximum absolute atomic E-state index is 12.2. The topological polar surface area (TPSA) is 54.4 Å². The minimum atomic E-state index is -4.44. The van der Waals surface area contributed by atoms with Gasteiger partial charge in [-0.25, -0.2) is 17.6 Å². The molecular weight excluding hydrogens is 196 g/mol. The first-order valence-corrected chi connectivity index (χ1v) is 3.15. The van der Waals surface area contributed by atoms with E-state index >= 15 is 0 Å². The van der Waals surface area contributed by atoms with Crippen LogP contribution in [-0.2, 0) is 9.59 Å². The van der Waals surface area contributed by atoms with Gasteiger partial charge in [0, 0.05) is 6.42 Å². The summed E-state index contributed by atoms with van der Waals surface area (Å²) >= 11 is 0. The van der Waals surface area contributed by atoms with E-state index in [0.29, 0.717) is 0 Å². The molecule has 76 valence electrons. The number of aldehydes is 1. The Morgan fingerprint density at radius 2 is 1.92 bits per heavy atom. The summed E-state index contributed by atoms with van der Waals surface area (Å²) in [6, 6.07) is 0. The summed E-state index contributed by atoms with van der Waals surface area (Å²) in [4.78, 5) is 19.9. The zero-order valence-electron chi connectivity index (χ0n) is 6.21. The number of hydrogen-bond acceptors (Lipinski definition) is 2. The van der Waals surface area contributed by atoms with E-state index in [4.69, 9.17) is 5.11 Å². The highest BCUT2D eigenvalue weighted by Crippen LogP contribution is 2.29. The molecule has 0 saturated heterocycles. The zero-order chi connectivity index (χ0) is 10.6. The number of carbonyl (C=O) groups is 2. The molecule has 0 aromatic carbocycles. The Bertz CT molecular complexity index is 204. The lowest BCUT2D eigenvalue weighted by atomic mass is 10.0. The number of halogens is 4. The first-order valence-electron chi connectivity index (χ1n) is 3.15. The number of carbonyl (C=O) groups excluding carboxylic acids is 1. The highest BCUT2D eigenvalue weighted by Gasteiger charge is 2.44. The van der Waals surface area contributed by atoms with E-state index in [1.54, 1.807) is 0 Å². The summed E-state index contributed by atoms with van der Waals surface area (Å²) in [5.74, 6) is -8.37. The van der Waals surface area contributed by atoms with E-state index < -0.39 is 30.7 Å². The molecule has 0 aromatic rings. The summed E-state index contributed by atoms with van der Waals surface area (Å²) < 4.78 is 47.4. The summed E-state index contributed by atoms with van der Waals surface area (Å²) in [6.45, 7) is 0. The Morgan fingerprint density at radius 3 is 2.15 bits per heavy atom. The maximum Gasteiger partial charge on any atom is 0.313 e. The van der Waals surface area contributed by atoms with E-state index in [-0.39, 0.29) is 6.29 Å². The largest absolute Gasteiger partial charge is 0.481 e. The summed E-state index contributed by atoms with van der Waals surface area (Å²) in [6.07, 6.45) is -5.93. The second-order valence-electron chi connectivity index (χ2n) is 2.35. The second kappa shape index (κ2) is 4.20. The summed E-state index contributed by atoms with van der Waals surface area (Å²) in [5, 5.41) is 8.11. The Labute approximate surface area is 70.3 Å². The van der Waals surface area contributed by atoms with Crippen LogP contribution in [0.4, 0.5) is 17.6 Å². The Balaban J connectivity index is 4.39. The van der Waals surface area contributed by atoms with Crippen molar-refractivity contribution in [3.8, 4) is 0 Å². The SMILES string of the molecule is O=CC(CC(F)(F)C(F)F)C(=O)O. The van der Waals surface area contributed by atoms with Gasteiger partial charge < -0.3 is 9.90 Å². The zero-order valence-corrected chi connectivity index (χ0v) is 6.21. The number of carboxylic acid groups (broad SMARTS) is 1. The third-order valence-corrected chi connectivity index (χ3v) is 1.29. The molecule has 0 spiro atoms. The average molecular weight is 202 g/mol. The van der Waals surface area contributed by atoms with E-state index in [0.717, 1.165) is 0 Å². The number of carboxylic acids is 1. The van der Waals surface area contributed by atoms with E-state index in [1.165, 1.54) is 0 Å². The molecule has 0 aliphatic carbocycles. The standard InChI is InChI=1S/C6H6F4O3/c7-5(8)6(9,10)1-3(2-11)4(12)13/h2-3,5H,1H2,(H,12,13). The van der Waals surface area contributed by atoms with Crippen molar-refractivity contribution in [2.45, 2.75) is 18.8 Å². The Kier molecular flexibility index (Phi) is 3.83. The lowest BCUT2D eigenvalue weighted by molar-refractivity contribution is -0.160. The van der Waals surface area contributed by atoms with Crippen molar-refractivity contribution in [3.63, 3.8) is 0 Å². The highest BCUT2D eigenvalue weighted by molar-refractivity contribution is 5.86. The molecule has 0 aliphatic rings. The van der Waals surface area contributed by atoms with Gasteiger partial charge in [-0.1, -0.05) is 0 Å². The van der Waals surface area contributed by atoms with Crippen molar-refractivity contribution >= 4 is 12.3 Å². The fourth-order valence-electron chi connectivity index (χ4n) is 0.576. The van der Waals surface area contributed by atoms with Crippen LogP contribution in [0, 0.1) is 5.92 Å². The molecule has 3 nitrogen and oxygen atoms in total. The molecular formula is C6H6F4O3. The lowest BCUT2D eigenvalue weighted by Crippen LogP contribution is -2.32. The molecule has 1 N–H and O–H groups in total. The molecule has 0 bridgehead atoms. The number of rotatable bonds is 5. The smallest absolute Gasteiger partial charge is 0.313 e. The van der Waals surface area contributed by atoms with Crippen LogP contribution in [-0.4, -0.2) is 29.7 Å². The van der Waals surface area contributed by atoms with Crippen molar-refractivity contribution in [2.24, 2.45) is 5.92 Å². The van der Waals surface area contributed by atoms with Gasteiger partial charge in [0.2, 0.25) is 0 Å². The predicted octanol–water partition coefficient (Wildman–Crippen LogP) is 1.18. The molecule has 0 aliphatic heterocycles. The molecule has 1 unspecified atom stereocenters. The Morgan fingerprint density at radius 1 is 1.46 bits per heavy atom. The number of aliphatic carboxylic acids is 1. The Hall–Kier alpha value is -1.14. The van der Waals surface area contributed by atoms with Crippen molar-refractivity contribution in [3.05, 3.63) is 0 Å². The molecule has 7 heteroatoms. The van der Waals surface area contributed by atoms with Gasteiger partial charge in [-0.05, 0) is 0 Å². The number of alkyl halides is 4. The fraction of sp³-hybridized carbons (Fsp3) is 0.667. The normalized spacial score (nSPS) is 14.2. The number of hydrogen-bond donors (Lipinski definition) is 1. The van der Waals surface area contributed by atoms with Crippen LogP contribution in [0.15, 0.2) is 0 Å². The van der Waals surface area contributed by atoms with Gasteiger partial charge in [0.25, 0.3) is 0 Å². The third-order valence-electron chi connectivity index (χ3n) is 1.29. The van der Waals surface area contributed by atoms with Crippen molar-refractivity contribution in [2.75, 3.05) is 0 Å². The lowest BCUT2D eigenvalue weighted by Gasteiger charge is -2.16. The van der Waals surface area contributed by atoms with Crippen molar-refractivity contribution in [1.82, 2.24) is 0 Å². The van der Waals surface area contributed by atoms with Crippen LogP contribution in [0.3, 0.4) is 0 Å². The second-order valence-corrected chi connectivity index (χ2v) is 2.35. The fourth-order valence-corrected chi connectivity index (χ4v) is 0.576. The molecule has 0 amide bonds. The van der Waals surface area contributed by atoms with Crippen LogP contribution < -0.4 is 0 Å². The third kappa shape index (κ3) is 3.39. The first-order chi connectivity index (χ1) is 5.81. The summed E-state index contributed by atoms with van der Waals surface area (Å²) in [5.41, 5.74) is 0. The van der Waals surface area contributed by atoms with Gasteiger partial charge in [-0.2, -0.15) is 0 Å². The molecule has 0 aromatic heterocycles. The minimum Gasteiger partial charge on any atom is -0.481 e. The van der Waals surface area contributed by atoms with Crippen LogP contribution in [0.2, 0.25) is 0 Å². The molecule has 0 fully saturated rings. The van der Waals surface area contributed by atoms with Crippen LogP contribution >= 0.6 is 0 Å². The van der Waals surface area contributed by atoms with Gasteiger partial charge in [0.05, 0.1) is 0 Å².